The van der Waals surface area contributed by atoms with Gasteiger partial charge in [-0.2, -0.15) is 9.36 Å². The van der Waals surface area contributed by atoms with Crippen molar-refractivity contribution in [1.82, 2.24) is 14.7 Å². The molecule has 2 aromatic rings. The van der Waals surface area contributed by atoms with Crippen molar-refractivity contribution in [1.29, 1.82) is 0 Å². The van der Waals surface area contributed by atoms with Crippen molar-refractivity contribution in [3.05, 3.63) is 30.3 Å². The van der Waals surface area contributed by atoms with Crippen LogP contribution in [0.5, 0.6) is 0 Å². The predicted molar refractivity (Wildman–Crippen MR) is 77.1 cm³/mol. The van der Waals surface area contributed by atoms with E-state index >= 15 is 0 Å². The summed E-state index contributed by atoms with van der Waals surface area (Å²) in [5.74, 6) is 0.747. The smallest absolute Gasteiger partial charge is 0.216 e. The van der Waals surface area contributed by atoms with Crippen LogP contribution in [0, 0.1) is 0 Å². The maximum absolute atomic E-state index is 10.7. The van der Waals surface area contributed by atoms with Crippen molar-refractivity contribution >= 4 is 22.6 Å². The van der Waals surface area contributed by atoms with Gasteiger partial charge in [0.1, 0.15) is 0 Å². The molecule has 0 saturated heterocycles. The minimum Gasteiger partial charge on any atom is -0.360 e. The summed E-state index contributed by atoms with van der Waals surface area (Å²) >= 11 is 1.35. The van der Waals surface area contributed by atoms with E-state index in [4.69, 9.17) is 0 Å². The molecule has 0 bridgehead atoms. The van der Waals surface area contributed by atoms with Crippen LogP contribution in [-0.2, 0) is 4.79 Å². The average Bonchev–Trinajstić information content (AvgIpc) is 2.88. The van der Waals surface area contributed by atoms with Crippen molar-refractivity contribution in [3.63, 3.8) is 0 Å². The molecular formula is C13H16N4OS. The molecule has 2 N–H and O–H groups in total. The van der Waals surface area contributed by atoms with Crippen LogP contribution in [0.4, 0.5) is 5.13 Å². The number of benzene rings is 1. The van der Waals surface area contributed by atoms with E-state index in [0.29, 0.717) is 6.54 Å². The average molecular weight is 276 g/mol. The number of anilines is 1. The summed E-state index contributed by atoms with van der Waals surface area (Å²) in [4.78, 5) is 15.1. The molecule has 0 radical (unpaired) electrons. The first kappa shape index (κ1) is 13.5. The second-order valence-corrected chi connectivity index (χ2v) is 4.80. The zero-order chi connectivity index (χ0) is 13.5. The monoisotopic (exact) mass is 276 g/mol. The fraction of sp³-hybridized carbons (Fsp3) is 0.308. The van der Waals surface area contributed by atoms with Gasteiger partial charge in [0.2, 0.25) is 11.0 Å². The zero-order valence-corrected chi connectivity index (χ0v) is 11.5. The van der Waals surface area contributed by atoms with Crippen molar-refractivity contribution in [3.8, 4) is 11.4 Å². The molecule has 0 aliphatic carbocycles. The molecule has 5 nitrogen and oxygen atoms in total. The van der Waals surface area contributed by atoms with Crippen LogP contribution in [0.15, 0.2) is 30.3 Å². The van der Waals surface area contributed by atoms with E-state index in [1.807, 2.05) is 30.3 Å². The van der Waals surface area contributed by atoms with E-state index in [2.05, 4.69) is 20.0 Å². The van der Waals surface area contributed by atoms with Crippen LogP contribution in [0.1, 0.15) is 13.3 Å². The lowest BCUT2D eigenvalue weighted by Crippen LogP contribution is -2.22. The number of nitrogens with zero attached hydrogens (tertiary/aromatic N) is 2. The van der Waals surface area contributed by atoms with Crippen LogP contribution in [0.25, 0.3) is 11.4 Å². The normalized spacial score (nSPS) is 10.2. The van der Waals surface area contributed by atoms with E-state index in [1.165, 1.54) is 18.5 Å². The van der Waals surface area contributed by atoms with Crippen LogP contribution < -0.4 is 10.6 Å². The van der Waals surface area contributed by atoms with Gasteiger partial charge in [-0.25, -0.2) is 0 Å². The van der Waals surface area contributed by atoms with Crippen molar-refractivity contribution < 1.29 is 4.79 Å². The van der Waals surface area contributed by atoms with Crippen molar-refractivity contribution in [2.45, 2.75) is 13.3 Å². The van der Waals surface area contributed by atoms with Gasteiger partial charge in [0, 0.05) is 37.1 Å². The Labute approximate surface area is 116 Å². The molecule has 0 aliphatic rings. The first-order valence-electron chi connectivity index (χ1n) is 6.13. The first-order chi connectivity index (χ1) is 9.25. The lowest BCUT2D eigenvalue weighted by molar-refractivity contribution is -0.118. The van der Waals surface area contributed by atoms with Gasteiger partial charge in [0.05, 0.1) is 0 Å². The fourth-order valence-corrected chi connectivity index (χ4v) is 2.16. The SMILES string of the molecule is CC(=O)NCCCNc1nc(-c2ccccc2)ns1. The van der Waals surface area contributed by atoms with Gasteiger partial charge in [-0.1, -0.05) is 30.3 Å². The zero-order valence-electron chi connectivity index (χ0n) is 10.7. The third-order valence-corrected chi connectivity index (χ3v) is 3.13. The molecule has 1 aromatic heterocycles. The molecule has 0 unspecified atom stereocenters. The molecule has 1 aromatic carbocycles. The van der Waals surface area contributed by atoms with Gasteiger partial charge in [0.25, 0.3) is 0 Å². The number of amides is 1. The van der Waals surface area contributed by atoms with Gasteiger partial charge in [0.15, 0.2) is 5.82 Å². The molecule has 0 spiro atoms. The molecule has 0 atom stereocenters. The number of aromatic nitrogens is 2. The standard InChI is InChI=1S/C13H16N4OS/c1-10(18)14-8-5-9-15-13-16-12(17-19-13)11-6-3-2-4-7-11/h2-4,6-7H,5,8-9H2,1H3,(H,14,18)(H,15,16,17). The fourth-order valence-electron chi connectivity index (χ4n) is 1.55. The summed E-state index contributed by atoms with van der Waals surface area (Å²) in [6.45, 7) is 2.96. The predicted octanol–water partition coefficient (Wildman–Crippen LogP) is 2.14. The van der Waals surface area contributed by atoms with Gasteiger partial charge >= 0.3 is 0 Å². The molecule has 0 saturated carbocycles. The maximum Gasteiger partial charge on any atom is 0.216 e. The number of carbonyl (C=O) groups is 1. The Morgan fingerprint density at radius 1 is 1.26 bits per heavy atom. The topological polar surface area (TPSA) is 66.9 Å². The Bertz CT molecular complexity index is 526. The van der Waals surface area contributed by atoms with Crippen molar-refractivity contribution in [2.24, 2.45) is 0 Å². The second kappa shape index (κ2) is 6.84. The van der Waals surface area contributed by atoms with Crippen molar-refractivity contribution in [2.75, 3.05) is 18.4 Å². The van der Waals surface area contributed by atoms with Gasteiger partial charge in [-0.15, -0.1) is 0 Å². The number of hydrogen-bond donors (Lipinski definition) is 2. The van der Waals surface area contributed by atoms with E-state index < -0.39 is 0 Å². The maximum atomic E-state index is 10.7. The number of nitrogens with one attached hydrogen (secondary N) is 2. The highest BCUT2D eigenvalue weighted by Gasteiger charge is 2.05. The summed E-state index contributed by atoms with van der Waals surface area (Å²) in [6, 6.07) is 9.88. The Balaban J connectivity index is 1.80. The molecule has 0 fully saturated rings. The highest BCUT2D eigenvalue weighted by atomic mass is 32.1. The van der Waals surface area contributed by atoms with Crippen LogP contribution >= 0.6 is 11.5 Å². The molecule has 2 rings (SSSR count). The molecule has 19 heavy (non-hydrogen) atoms. The summed E-state index contributed by atoms with van der Waals surface area (Å²) < 4.78 is 4.31. The Kier molecular flexibility index (Phi) is 4.85. The Hall–Kier alpha value is -1.95. The summed E-state index contributed by atoms with van der Waals surface area (Å²) in [5.41, 5.74) is 1.02. The lowest BCUT2D eigenvalue weighted by Gasteiger charge is -2.02. The van der Waals surface area contributed by atoms with Gasteiger partial charge in [-0.3, -0.25) is 4.79 Å². The summed E-state index contributed by atoms with van der Waals surface area (Å²) in [6.07, 6.45) is 0.861. The van der Waals surface area contributed by atoms with Crippen LogP contribution in [-0.4, -0.2) is 28.4 Å². The highest BCUT2D eigenvalue weighted by Crippen LogP contribution is 2.20. The first-order valence-corrected chi connectivity index (χ1v) is 6.90. The van der Waals surface area contributed by atoms with Gasteiger partial charge < -0.3 is 10.6 Å². The van der Waals surface area contributed by atoms with Gasteiger partial charge in [-0.05, 0) is 6.42 Å². The number of rotatable bonds is 6. The molecule has 1 heterocycles. The van der Waals surface area contributed by atoms with E-state index in [9.17, 15) is 4.79 Å². The summed E-state index contributed by atoms with van der Waals surface area (Å²) in [5, 5.41) is 6.76. The minimum atomic E-state index is 0.00211. The lowest BCUT2D eigenvalue weighted by atomic mass is 10.2. The van der Waals surface area contributed by atoms with Crippen LogP contribution in [0.3, 0.4) is 0 Å². The Morgan fingerprint density at radius 2 is 2.05 bits per heavy atom. The molecular weight excluding hydrogens is 260 g/mol. The molecule has 1 amide bonds. The van der Waals surface area contributed by atoms with E-state index in [-0.39, 0.29) is 5.91 Å². The Morgan fingerprint density at radius 3 is 2.79 bits per heavy atom. The number of carbonyl (C=O) groups excluding carboxylic acids is 1. The minimum absolute atomic E-state index is 0.00211. The quantitative estimate of drug-likeness (QED) is 0.793. The largest absolute Gasteiger partial charge is 0.360 e. The third-order valence-electron chi connectivity index (χ3n) is 2.46. The van der Waals surface area contributed by atoms with E-state index in [1.54, 1.807) is 0 Å². The van der Waals surface area contributed by atoms with E-state index in [0.717, 1.165) is 29.5 Å². The highest BCUT2D eigenvalue weighted by molar-refractivity contribution is 7.09. The number of hydrogen-bond acceptors (Lipinski definition) is 5. The summed E-state index contributed by atoms with van der Waals surface area (Å²) in [7, 11) is 0. The molecule has 0 aliphatic heterocycles. The third kappa shape index (κ3) is 4.33. The van der Waals surface area contributed by atoms with Crippen LogP contribution in [0.2, 0.25) is 0 Å². The molecule has 100 valence electrons. The second-order valence-electron chi connectivity index (χ2n) is 4.05. The molecule has 6 heteroatoms.